The lowest BCUT2D eigenvalue weighted by Gasteiger charge is -2.16. The number of halogens is 1. The van der Waals surface area contributed by atoms with Crippen LogP contribution in [0.25, 0.3) is 0 Å². The Hall–Kier alpha value is -2.37. The van der Waals surface area contributed by atoms with Crippen LogP contribution in [-0.4, -0.2) is 18.2 Å². The zero-order valence-corrected chi connectivity index (χ0v) is 11.4. The van der Waals surface area contributed by atoms with Crippen LogP contribution in [0.3, 0.4) is 0 Å². The third-order valence-corrected chi connectivity index (χ3v) is 2.86. The molecule has 0 fully saturated rings. The molecule has 6 heteroatoms. The molecule has 0 unspecified atom stereocenters. The highest BCUT2D eigenvalue weighted by molar-refractivity contribution is 5.91. The summed E-state index contributed by atoms with van der Waals surface area (Å²) in [7, 11) is 1.49. The molecule has 1 aromatic carbocycles. The highest BCUT2D eigenvalue weighted by Crippen LogP contribution is 2.26. The molecule has 0 bridgehead atoms. The van der Waals surface area contributed by atoms with E-state index in [4.69, 9.17) is 9.26 Å². The van der Waals surface area contributed by atoms with Crippen LogP contribution in [0, 0.1) is 12.7 Å². The number of rotatable bonds is 4. The highest BCUT2D eigenvalue weighted by Gasteiger charge is 2.18. The van der Waals surface area contributed by atoms with Gasteiger partial charge in [-0.25, -0.2) is 4.39 Å². The van der Waals surface area contributed by atoms with Crippen molar-refractivity contribution in [3.63, 3.8) is 0 Å². The molecule has 106 valence electrons. The highest BCUT2D eigenvalue weighted by atomic mass is 19.1. The second kappa shape index (κ2) is 5.73. The van der Waals surface area contributed by atoms with Crippen molar-refractivity contribution in [2.24, 2.45) is 0 Å². The van der Waals surface area contributed by atoms with E-state index in [0.717, 1.165) is 0 Å². The van der Waals surface area contributed by atoms with E-state index < -0.39 is 17.8 Å². The molecular weight excluding hydrogens is 263 g/mol. The van der Waals surface area contributed by atoms with Gasteiger partial charge in [0, 0.05) is 11.6 Å². The summed E-state index contributed by atoms with van der Waals surface area (Å²) in [5.41, 5.74) is 1.17. The number of carbonyl (C=O) groups is 1. The van der Waals surface area contributed by atoms with Crippen LogP contribution < -0.4 is 10.1 Å². The van der Waals surface area contributed by atoms with Gasteiger partial charge in [0.2, 0.25) is 5.76 Å². The second-order valence-electron chi connectivity index (χ2n) is 4.41. The molecule has 1 aromatic heterocycles. The number of aryl methyl sites for hydroxylation is 1. The molecule has 0 aliphatic heterocycles. The van der Waals surface area contributed by atoms with Crippen LogP contribution in [0.5, 0.6) is 5.75 Å². The summed E-state index contributed by atoms with van der Waals surface area (Å²) in [5, 5.41) is 6.35. The maximum atomic E-state index is 13.3. The van der Waals surface area contributed by atoms with Crippen molar-refractivity contribution in [2.45, 2.75) is 19.9 Å². The predicted molar refractivity (Wildman–Crippen MR) is 70.1 cm³/mol. The number of carbonyl (C=O) groups excluding carboxylic acids is 1. The normalized spacial score (nSPS) is 12.0. The number of ether oxygens (including phenoxy) is 1. The lowest BCUT2D eigenvalue weighted by Crippen LogP contribution is -2.26. The molecule has 2 rings (SSSR count). The standard InChI is InChI=1S/C14H15FN2O3/c1-8-6-13(20-17-8)14(18)16-9(2)11-7-10(15)4-5-12(11)19-3/h4-7,9H,1-3H3,(H,16,18)/t9-/m0/s1. The van der Waals surface area contributed by atoms with Gasteiger partial charge >= 0.3 is 0 Å². The minimum Gasteiger partial charge on any atom is -0.496 e. The van der Waals surface area contributed by atoms with Crippen molar-refractivity contribution in [3.05, 3.63) is 47.1 Å². The molecule has 0 aliphatic carbocycles. The molecule has 2 aromatic rings. The number of hydrogen-bond acceptors (Lipinski definition) is 4. The van der Waals surface area contributed by atoms with Crippen molar-refractivity contribution < 1.29 is 18.4 Å². The Morgan fingerprint density at radius 3 is 2.80 bits per heavy atom. The summed E-state index contributed by atoms with van der Waals surface area (Å²) < 4.78 is 23.3. The van der Waals surface area contributed by atoms with E-state index in [9.17, 15) is 9.18 Å². The van der Waals surface area contributed by atoms with Gasteiger partial charge in [-0.3, -0.25) is 4.79 Å². The summed E-state index contributed by atoms with van der Waals surface area (Å²) in [6.07, 6.45) is 0. The third kappa shape index (κ3) is 2.96. The average molecular weight is 278 g/mol. The number of methoxy groups -OCH3 is 1. The fourth-order valence-corrected chi connectivity index (χ4v) is 1.86. The van der Waals surface area contributed by atoms with Crippen molar-refractivity contribution in [1.29, 1.82) is 0 Å². The summed E-state index contributed by atoms with van der Waals surface area (Å²) >= 11 is 0. The maximum Gasteiger partial charge on any atom is 0.290 e. The van der Waals surface area contributed by atoms with Crippen LogP contribution in [0.4, 0.5) is 4.39 Å². The molecular formula is C14H15FN2O3. The SMILES string of the molecule is COc1ccc(F)cc1[C@H](C)NC(=O)c1cc(C)no1. The molecule has 0 saturated heterocycles. The quantitative estimate of drug-likeness (QED) is 0.933. The lowest BCUT2D eigenvalue weighted by molar-refractivity contribution is 0.0902. The van der Waals surface area contributed by atoms with E-state index in [2.05, 4.69) is 10.5 Å². The monoisotopic (exact) mass is 278 g/mol. The van der Waals surface area contributed by atoms with Crippen LogP contribution in [0.15, 0.2) is 28.8 Å². The van der Waals surface area contributed by atoms with Crippen LogP contribution in [-0.2, 0) is 0 Å². The van der Waals surface area contributed by atoms with Crippen LogP contribution in [0.1, 0.15) is 34.8 Å². The molecule has 1 amide bonds. The Morgan fingerprint density at radius 1 is 1.45 bits per heavy atom. The number of aromatic nitrogens is 1. The van der Waals surface area contributed by atoms with Crippen molar-refractivity contribution in [1.82, 2.24) is 10.5 Å². The van der Waals surface area contributed by atoms with E-state index in [1.165, 1.54) is 31.4 Å². The van der Waals surface area contributed by atoms with Gasteiger partial charge in [0.05, 0.1) is 18.8 Å². The number of nitrogens with zero attached hydrogens (tertiary/aromatic N) is 1. The number of hydrogen-bond donors (Lipinski definition) is 1. The van der Waals surface area contributed by atoms with E-state index >= 15 is 0 Å². The number of nitrogens with one attached hydrogen (secondary N) is 1. The Labute approximate surface area is 115 Å². The van der Waals surface area contributed by atoms with Gasteiger partial charge in [-0.2, -0.15) is 0 Å². The Bertz CT molecular complexity index is 625. The third-order valence-electron chi connectivity index (χ3n) is 2.86. The van der Waals surface area contributed by atoms with Gasteiger partial charge in [0.15, 0.2) is 0 Å². The number of benzene rings is 1. The topological polar surface area (TPSA) is 64.4 Å². The lowest BCUT2D eigenvalue weighted by atomic mass is 10.1. The fraction of sp³-hybridized carbons (Fsp3) is 0.286. The molecule has 1 N–H and O–H groups in total. The van der Waals surface area contributed by atoms with Crippen molar-refractivity contribution in [2.75, 3.05) is 7.11 Å². The molecule has 0 aliphatic rings. The van der Waals surface area contributed by atoms with Crippen LogP contribution >= 0.6 is 0 Å². The molecule has 1 heterocycles. The zero-order chi connectivity index (χ0) is 14.7. The first-order valence-electron chi connectivity index (χ1n) is 6.09. The molecule has 20 heavy (non-hydrogen) atoms. The Morgan fingerprint density at radius 2 is 2.20 bits per heavy atom. The first-order chi connectivity index (χ1) is 9.51. The first-order valence-corrected chi connectivity index (χ1v) is 6.09. The molecule has 0 spiro atoms. The first kappa shape index (κ1) is 14.0. The smallest absolute Gasteiger partial charge is 0.290 e. The van der Waals surface area contributed by atoms with E-state index in [1.807, 2.05) is 0 Å². The van der Waals surface area contributed by atoms with Gasteiger partial charge in [-0.05, 0) is 32.0 Å². The molecule has 1 atom stereocenters. The van der Waals surface area contributed by atoms with Gasteiger partial charge < -0.3 is 14.6 Å². The minimum atomic E-state index is -0.432. The van der Waals surface area contributed by atoms with E-state index in [-0.39, 0.29) is 5.76 Å². The molecule has 5 nitrogen and oxygen atoms in total. The van der Waals surface area contributed by atoms with Crippen LogP contribution in [0.2, 0.25) is 0 Å². The number of amides is 1. The molecule has 0 radical (unpaired) electrons. The van der Waals surface area contributed by atoms with E-state index in [1.54, 1.807) is 13.8 Å². The summed E-state index contributed by atoms with van der Waals surface area (Å²) in [6.45, 7) is 3.46. The second-order valence-corrected chi connectivity index (χ2v) is 4.41. The predicted octanol–water partition coefficient (Wildman–Crippen LogP) is 2.62. The van der Waals surface area contributed by atoms with Gasteiger partial charge in [-0.15, -0.1) is 0 Å². The zero-order valence-electron chi connectivity index (χ0n) is 11.4. The largest absolute Gasteiger partial charge is 0.496 e. The van der Waals surface area contributed by atoms with Gasteiger partial charge in [0.1, 0.15) is 11.6 Å². The average Bonchev–Trinajstić information content (AvgIpc) is 2.85. The van der Waals surface area contributed by atoms with Gasteiger partial charge in [0.25, 0.3) is 5.91 Å². The summed E-state index contributed by atoms with van der Waals surface area (Å²) in [6, 6.07) is 5.25. The summed E-state index contributed by atoms with van der Waals surface area (Å²) in [4.78, 5) is 11.9. The van der Waals surface area contributed by atoms with E-state index in [0.29, 0.717) is 17.0 Å². The minimum absolute atomic E-state index is 0.115. The summed E-state index contributed by atoms with van der Waals surface area (Å²) in [5.74, 6) is -0.181. The van der Waals surface area contributed by atoms with Crippen molar-refractivity contribution in [3.8, 4) is 5.75 Å². The fourth-order valence-electron chi connectivity index (χ4n) is 1.86. The van der Waals surface area contributed by atoms with Gasteiger partial charge in [-0.1, -0.05) is 5.16 Å². The Balaban J connectivity index is 2.17. The Kier molecular flexibility index (Phi) is 4.02. The molecule has 0 saturated carbocycles. The maximum absolute atomic E-state index is 13.3. The van der Waals surface area contributed by atoms with Crippen molar-refractivity contribution >= 4 is 5.91 Å².